The zero-order chi connectivity index (χ0) is 15.9. The molecular weight excluding hydrogens is 292 g/mol. The van der Waals surface area contributed by atoms with Gasteiger partial charge in [0.2, 0.25) is 0 Å². The number of nitrogens with zero attached hydrogens (tertiary/aromatic N) is 3. The molecule has 7 heteroatoms. The van der Waals surface area contributed by atoms with Crippen LogP contribution in [0, 0.1) is 0 Å². The van der Waals surface area contributed by atoms with E-state index >= 15 is 0 Å². The zero-order valence-electron chi connectivity index (χ0n) is 13.1. The molecule has 1 aliphatic carbocycles. The van der Waals surface area contributed by atoms with Crippen molar-refractivity contribution in [2.45, 2.75) is 44.6 Å². The van der Waals surface area contributed by atoms with Crippen LogP contribution >= 0.6 is 0 Å². The summed E-state index contributed by atoms with van der Waals surface area (Å²) in [5.74, 6) is 1.38. The third kappa shape index (κ3) is 4.51. The van der Waals surface area contributed by atoms with E-state index in [0.717, 1.165) is 24.2 Å². The molecule has 0 aromatic carbocycles. The lowest BCUT2D eigenvalue weighted by Gasteiger charge is -2.22. The van der Waals surface area contributed by atoms with Crippen LogP contribution in [0.5, 0.6) is 0 Å². The standard InChI is InChI=1S/C16H22N6O/c23-16(19-13-6-2-1-3-7-13)18-10-8-14-20-15(22-21-14)12-5-4-9-17-11-12/h4-5,9,11,13H,1-3,6-8,10H2,(H2,18,19,23)(H,20,21,22). The first-order valence-corrected chi connectivity index (χ1v) is 8.17. The quantitative estimate of drug-likeness (QED) is 0.787. The van der Waals surface area contributed by atoms with Gasteiger partial charge < -0.3 is 10.6 Å². The molecule has 1 saturated carbocycles. The van der Waals surface area contributed by atoms with Gasteiger partial charge in [-0.25, -0.2) is 9.78 Å². The third-order valence-electron chi connectivity index (χ3n) is 4.04. The number of nitrogens with one attached hydrogen (secondary N) is 3. The van der Waals surface area contributed by atoms with Gasteiger partial charge in [0, 0.05) is 37.0 Å². The minimum atomic E-state index is -0.0936. The lowest BCUT2D eigenvalue weighted by molar-refractivity contribution is 0.233. The molecule has 0 unspecified atom stereocenters. The molecule has 0 spiro atoms. The number of carbonyl (C=O) groups is 1. The van der Waals surface area contributed by atoms with Gasteiger partial charge in [-0.2, -0.15) is 5.10 Å². The summed E-state index contributed by atoms with van der Waals surface area (Å²) in [5.41, 5.74) is 0.873. The number of amides is 2. The zero-order valence-corrected chi connectivity index (χ0v) is 13.1. The van der Waals surface area contributed by atoms with Gasteiger partial charge in [0.15, 0.2) is 5.82 Å². The average molecular weight is 314 g/mol. The Kier molecular flexibility index (Phi) is 5.18. The number of rotatable bonds is 5. The van der Waals surface area contributed by atoms with Crippen molar-refractivity contribution in [3.05, 3.63) is 30.4 Å². The van der Waals surface area contributed by atoms with Crippen LogP contribution in [-0.4, -0.2) is 38.8 Å². The van der Waals surface area contributed by atoms with Gasteiger partial charge in [0.1, 0.15) is 5.82 Å². The molecule has 0 saturated heterocycles. The summed E-state index contributed by atoms with van der Waals surface area (Å²) in [5, 5.41) is 13.0. The van der Waals surface area contributed by atoms with Crippen molar-refractivity contribution in [2.75, 3.05) is 6.54 Å². The average Bonchev–Trinajstić information content (AvgIpc) is 3.05. The number of pyridine rings is 1. The summed E-state index contributed by atoms with van der Waals surface area (Å²) in [6, 6.07) is 3.99. The molecule has 2 aromatic rings. The Labute approximate surface area is 135 Å². The number of aromatic nitrogens is 4. The van der Waals surface area contributed by atoms with Crippen LogP contribution in [0.2, 0.25) is 0 Å². The van der Waals surface area contributed by atoms with Crippen molar-refractivity contribution in [3.8, 4) is 11.4 Å². The Hall–Kier alpha value is -2.44. The number of H-pyrrole nitrogens is 1. The molecule has 2 amide bonds. The monoisotopic (exact) mass is 314 g/mol. The Morgan fingerprint density at radius 3 is 2.96 bits per heavy atom. The van der Waals surface area contributed by atoms with Gasteiger partial charge >= 0.3 is 6.03 Å². The number of hydrogen-bond donors (Lipinski definition) is 3. The SMILES string of the molecule is O=C(NCCc1nc(-c2cccnc2)n[nH]1)NC1CCCCC1. The molecule has 0 atom stereocenters. The van der Waals surface area contributed by atoms with Crippen molar-refractivity contribution in [1.29, 1.82) is 0 Å². The minimum Gasteiger partial charge on any atom is -0.338 e. The van der Waals surface area contributed by atoms with E-state index in [0.29, 0.717) is 24.8 Å². The van der Waals surface area contributed by atoms with E-state index in [4.69, 9.17) is 0 Å². The highest BCUT2D eigenvalue weighted by Gasteiger charge is 2.15. The van der Waals surface area contributed by atoms with E-state index in [1.165, 1.54) is 19.3 Å². The second-order valence-electron chi connectivity index (χ2n) is 5.83. The molecule has 1 aliphatic rings. The van der Waals surface area contributed by atoms with Gasteiger partial charge in [-0.3, -0.25) is 10.1 Å². The van der Waals surface area contributed by atoms with Crippen LogP contribution in [0.4, 0.5) is 4.79 Å². The summed E-state index contributed by atoms with van der Waals surface area (Å²) >= 11 is 0. The van der Waals surface area contributed by atoms with E-state index < -0.39 is 0 Å². The van der Waals surface area contributed by atoms with Crippen molar-refractivity contribution in [3.63, 3.8) is 0 Å². The Balaban J connectivity index is 1.42. The fourth-order valence-corrected chi connectivity index (χ4v) is 2.81. The first-order valence-electron chi connectivity index (χ1n) is 8.17. The van der Waals surface area contributed by atoms with Crippen LogP contribution < -0.4 is 10.6 Å². The third-order valence-corrected chi connectivity index (χ3v) is 4.04. The Morgan fingerprint density at radius 2 is 2.17 bits per heavy atom. The summed E-state index contributed by atoms with van der Waals surface area (Å²) in [7, 11) is 0. The maximum absolute atomic E-state index is 11.9. The predicted molar refractivity (Wildman–Crippen MR) is 86.7 cm³/mol. The summed E-state index contributed by atoms with van der Waals surface area (Å²) in [4.78, 5) is 20.3. The van der Waals surface area contributed by atoms with Crippen LogP contribution in [0.3, 0.4) is 0 Å². The highest BCUT2D eigenvalue weighted by molar-refractivity contribution is 5.74. The van der Waals surface area contributed by atoms with Gasteiger partial charge in [-0.15, -0.1) is 0 Å². The predicted octanol–water partition coefficient (Wildman–Crippen LogP) is 2.04. The van der Waals surface area contributed by atoms with Gasteiger partial charge in [0.25, 0.3) is 0 Å². The molecule has 23 heavy (non-hydrogen) atoms. The molecule has 3 rings (SSSR count). The molecular formula is C16H22N6O. The van der Waals surface area contributed by atoms with E-state index in [2.05, 4.69) is 30.8 Å². The normalized spacial score (nSPS) is 15.3. The lowest BCUT2D eigenvalue weighted by atomic mass is 9.96. The first kappa shape index (κ1) is 15.5. The Bertz CT molecular complexity index is 621. The number of carbonyl (C=O) groups excluding carboxylic acids is 1. The maximum Gasteiger partial charge on any atom is 0.315 e. The van der Waals surface area contributed by atoms with Crippen LogP contribution in [0.1, 0.15) is 37.9 Å². The Morgan fingerprint density at radius 1 is 1.30 bits per heavy atom. The number of urea groups is 1. The van der Waals surface area contributed by atoms with Crippen LogP contribution in [0.25, 0.3) is 11.4 Å². The highest BCUT2D eigenvalue weighted by atomic mass is 16.2. The van der Waals surface area contributed by atoms with Crippen molar-refractivity contribution < 1.29 is 4.79 Å². The second-order valence-corrected chi connectivity index (χ2v) is 5.83. The largest absolute Gasteiger partial charge is 0.338 e. The van der Waals surface area contributed by atoms with Crippen LogP contribution in [-0.2, 0) is 6.42 Å². The van der Waals surface area contributed by atoms with Crippen LogP contribution in [0.15, 0.2) is 24.5 Å². The van der Waals surface area contributed by atoms with Crippen molar-refractivity contribution in [2.24, 2.45) is 0 Å². The summed E-state index contributed by atoms with van der Waals surface area (Å²) in [6.45, 7) is 0.528. The summed E-state index contributed by atoms with van der Waals surface area (Å²) < 4.78 is 0. The second kappa shape index (κ2) is 7.71. The van der Waals surface area contributed by atoms with E-state index in [1.807, 2.05) is 12.1 Å². The molecule has 0 aliphatic heterocycles. The molecule has 3 N–H and O–H groups in total. The lowest BCUT2D eigenvalue weighted by Crippen LogP contribution is -2.43. The smallest absolute Gasteiger partial charge is 0.315 e. The molecule has 122 valence electrons. The van der Waals surface area contributed by atoms with Gasteiger partial charge in [0.05, 0.1) is 0 Å². The number of aromatic amines is 1. The molecule has 7 nitrogen and oxygen atoms in total. The highest BCUT2D eigenvalue weighted by Crippen LogP contribution is 2.17. The van der Waals surface area contributed by atoms with E-state index in [-0.39, 0.29) is 6.03 Å². The van der Waals surface area contributed by atoms with Crippen molar-refractivity contribution in [1.82, 2.24) is 30.8 Å². The molecule has 1 fully saturated rings. The fourth-order valence-electron chi connectivity index (χ4n) is 2.81. The molecule has 0 bridgehead atoms. The fraction of sp³-hybridized carbons (Fsp3) is 0.500. The van der Waals surface area contributed by atoms with Gasteiger partial charge in [-0.1, -0.05) is 19.3 Å². The first-order chi connectivity index (χ1) is 11.3. The maximum atomic E-state index is 11.9. The van der Waals surface area contributed by atoms with E-state index in [9.17, 15) is 4.79 Å². The van der Waals surface area contributed by atoms with Crippen molar-refractivity contribution >= 4 is 6.03 Å². The van der Waals surface area contributed by atoms with E-state index in [1.54, 1.807) is 12.4 Å². The minimum absolute atomic E-state index is 0.0936. The molecule has 2 heterocycles. The summed E-state index contributed by atoms with van der Waals surface area (Å²) in [6.07, 6.45) is 9.93. The topological polar surface area (TPSA) is 95.6 Å². The number of hydrogen-bond acceptors (Lipinski definition) is 4. The molecule has 0 radical (unpaired) electrons. The molecule has 2 aromatic heterocycles. The van der Waals surface area contributed by atoms with Gasteiger partial charge in [-0.05, 0) is 25.0 Å².